The van der Waals surface area contributed by atoms with Crippen LogP contribution in [0.15, 0.2) is 53.5 Å². The third kappa shape index (κ3) is 3.99. The molecule has 0 amide bonds. The fourth-order valence-corrected chi connectivity index (χ4v) is 1.92. The van der Waals surface area contributed by atoms with Gasteiger partial charge in [-0.15, -0.1) is 0 Å². The molecule has 2 aromatic rings. The normalized spacial score (nSPS) is 12.3. The maximum atomic E-state index is 13.1. The molecule has 3 N–H and O–H groups in total. The molecule has 114 valence electrons. The van der Waals surface area contributed by atoms with Crippen molar-refractivity contribution in [1.82, 2.24) is 0 Å². The van der Waals surface area contributed by atoms with Crippen LogP contribution in [0.1, 0.15) is 5.56 Å². The van der Waals surface area contributed by atoms with E-state index in [1.807, 2.05) is 0 Å². The highest BCUT2D eigenvalue weighted by Crippen LogP contribution is 2.21. The minimum absolute atomic E-state index is 0.0826. The Labute approximate surface area is 132 Å². The van der Waals surface area contributed by atoms with Crippen molar-refractivity contribution in [2.24, 2.45) is 10.7 Å². The molecule has 0 aliphatic rings. The summed E-state index contributed by atoms with van der Waals surface area (Å²) in [5.74, 6) is 0.0149. The van der Waals surface area contributed by atoms with E-state index in [0.29, 0.717) is 17.0 Å². The van der Waals surface area contributed by atoms with Gasteiger partial charge in [0.15, 0.2) is 0 Å². The van der Waals surface area contributed by atoms with Crippen LogP contribution in [0.3, 0.4) is 0 Å². The Balaban J connectivity index is 2.26. The molecule has 22 heavy (non-hydrogen) atoms. The van der Waals surface area contributed by atoms with E-state index in [1.165, 1.54) is 18.2 Å². The Hall–Kier alpha value is -2.53. The third-order valence-electron chi connectivity index (χ3n) is 2.81. The van der Waals surface area contributed by atoms with Crippen LogP contribution in [-0.2, 0) is 0 Å². The Morgan fingerprint density at radius 2 is 2.09 bits per heavy atom. The summed E-state index contributed by atoms with van der Waals surface area (Å²) in [6.07, 6.45) is 1.27. The monoisotopic (exact) mass is 320 g/mol. The number of amidine groups is 1. The molecule has 0 atom stereocenters. The molecule has 0 aliphatic heterocycles. The van der Waals surface area contributed by atoms with Gasteiger partial charge >= 0.3 is 0 Å². The molecule has 4 nitrogen and oxygen atoms in total. The molecular formula is C16H14ClFN2O2. The maximum absolute atomic E-state index is 13.1. The number of ether oxygens (including phenoxy) is 1. The molecule has 6 heteroatoms. The van der Waals surface area contributed by atoms with E-state index in [9.17, 15) is 9.50 Å². The smallest absolute Gasteiger partial charge is 0.141 e. The van der Waals surface area contributed by atoms with Crippen molar-refractivity contribution in [3.8, 4) is 5.75 Å². The van der Waals surface area contributed by atoms with E-state index < -0.39 is 5.82 Å². The van der Waals surface area contributed by atoms with Crippen molar-refractivity contribution in [3.63, 3.8) is 0 Å². The van der Waals surface area contributed by atoms with Crippen LogP contribution in [0, 0.1) is 5.82 Å². The number of methoxy groups -OCH3 is 1. The van der Waals surface area contributed by atoms with Gasteiger partial charge in [-0.1, -0.05) is 17.7 Å². The van der Waals surface area contributed by atoms with Gasteiger partial charge in [-0.3, -0.25) is 0 Å². The van der Waals surface area contributed by atoms with Crippen LogP contribution in [-0.4, -0.2) is 18.1 Å². The van der Waals surface area contributed by atoms with Crippen LogP contribution in [0.2, 0.25) is 5.02 Å². The number of hydrogen-bond donors (Lipinski definition) is 2. The first-order valence-corrected chi connectivity index (χ1v) is 6.71. The molecule has 0 heterocycles. The lowest BCUT2D eigenvalue weighted by Gasteiger charge is -2.03. The first-order valence-electron chi connectivity index (χ1n) is 6.34. The van der Waals surface area contributed by atoms with Gasteiger partial charge in [0, 0.05) is 17.7 Å². The summed E-state index contributed by atoms with van der Waals surface area (Å²) < 4.78 is 18.2. The topological polar surface area (TPSA) is 67.8 Å². The zero-order valence-corrected chi connectivity index (χ0v) is 12.5. The maximum Gasteiger partial charge on any atom is 0.141 e. The van der Waals surface area contributed by atoms with E-state index >= 15 is 0 Å². The second kappa shape index (κ2) is 6.95. The number of benzene rings is 2. The molecule has 0 aromatic heterocycles. The fourth-order valence-electron chi connectivity index (χ4n) is 1.74. The molecule has 0 aliphatic carbocycles. The number of rotatable bonds is 4. The van der Waals surface area contributed by atoms with E-state index in [0.717, 1.165) is 6.07 Å². The average molecular weight is 321 g/mol. The van der Waals surface area contributed by atoms with Gasteiger partial charge in [0.1, 0.15) is 23.2 Å². The summed E-state index contributed by atoms with van der Waals surface area (Å²) in [6.45, 7) is 0. The number of nitrogens with zero attached hydrogens (tertiary/aromatic N) is 1. The molecule has 0 unspecified atom stereocenters. The quantitative estimate of drug-likeness (QED) is 0.507. The first kappa shape index (κ1) is 15.9. The number of halogens is 2. The van der Waals surface area contributed by atoms with Crippen LogP contribution in [0.25, 0.3) is 5.76 Å². The summed E-state index contributed by atoms with van der Waals surface area (Å²) >= 11 is 5.67. The summed E-state index contributed by atoms with van der Waals surface area (Å²) in [5, 5.41) is 9.90. The molecule has 2 rings (SSSR count). The number of aliphatic hydroxyl groups excluding tert-OH is 1. The SMILES string of the molecule is COc1cccc(N=C(N)/C=C(\O)c2ccc(F)c(Cl)c2)c1. The highest BCUT2D eigenvalue weighted by Gasteiger charge is 2.05. The second-order valence-corrected chi connectivity index (χ2v) is 4.80. The first-order chi connectivity index (χ1) is 10.5. The van der Waals surface area contributed by atoms with E-state index in [-0.39, 0.29) is 16.6 Å². The predicted octanol–water partition coefficient (Wildman–Crippen LogP) is 4.08. The minimum atomic E-state index is -0.559. The summed E-state index contributed by atoms with van der Waals surface area (Å²) in [7, 11) is 1.55. The van der Waals surface area contributed by atoms with Gasteiger partial charge in [0.2, 0.25) is 0 Å². The van der Waals surface area contributed by atoms with Crippen molar-refractivity contribution in [2.75, 3.05) is 7.11 Å². The molecule has 0 radical (unpaired) electrons. The standard InChI is InChI=1S/C16H14ClFN2O2/c1-22-12-4-2-3-11(8-12)20-16(19)9-15(21)10-5-6-14(18)13(17)7-10/h2-9,21H,1H3,(H2,19,20)/b15-9-. The largest absolute Gasteiger partial charge is 0.507 e. The summed E-state index contributed by atoms with van der Waals surface area (Å²) in [4.78, 5) is 4.14. The van der Waals surface area contributed by atoms with Gasteiger partial charge in [-0.2, -0.15) is 0 Å². The molecule has 0 saturated carbocycles. The number of aliphatic imine (C=N–C) groups is 1. The Bertz CT molecular complexity index is 745. The Kier molecular flexibility index (Phi) is 5.01. The van der Waals surface area contributed by atoms with Crippen LogP contribution < -0.4 is 10.5 Å². The van der Waals surface area contributed by atoms with E-state index in [2.05, 4.69) is 4.99 Å². The van der Waals surface area contributed by atoms with Gasteiger partial charge in [-0.05, 0) is 30.3 Å². The molecular weight excluding hydrogens is 307 g/mol. The number of aliphatic hydroxyl groups is 1. The van der Waals surface area contributed by atoms with E-state index in [4.69, 9.17) is 22.1 Å². The lowest BCUT2D eigenvalue weighted by Crippen LogP contribution is -2.08. The fraction of sp³-hybridized carbons (Fsp3) is 0.0625. The second-order valence-electron chi connectivity index (χ2n) is 4.40. The van der Waals surface area contributed by atoms with Gasteiger partial charge in [0.25, 0.3) is 0 Å². The lowest BCUT2D eigenvalue weighted by molar-refractivity contribution is 0.415. The van der Waals surface area contributed by atoms with Crippen molar-refractivity contribution >= 4 is 28.9 Å². The lowest BCUT2D eigenvalue weighted by atomic mass is 10.1. The number of nitrogens with two attached hydrogens (primary N) is 1. The molecule has 2 aromatic carbocycles. The summed E-state index contributed by atoms with van der Waals surface area (Å²) in [6, 6.07) is 10.9. The Morgan fingerprint density at radius 1 is 1.32 bits per heavy atom. The van der Waals surface area contributed by atoms with Crippen molar-refractivity contribution in [1.29, 1.82) is 0 Å². The van der Waals surface area contributed by atoms with Crippen LogP contribution >= 0.6 is 11.6 Å². The average Bonchev–Trinajstić information content (AvgIpc) is 2.50. The van der Waals surface area contributed by atoms with Crippen molar-refractivity contribution in [3.05, 3.63) is 64.9 Å². The van der Waals surface area contributed by atoms with E-state index in [1.54, 1.807) is 31.4 Å². The highest BCUT2D eigenvalue weighted by molar-refractivity contribution is 6.30. The van der Waals surface area contributed by atoms with Crippen molar-refractivity contribution in [2.45, 2.75) is 0 Å². The van der Waals surface area contributed by atoms with Crippen molar-refractivity contribution < 1.29 is 14.2 Å². The highest BCUT2D eigenvalue weighted by atomic mass is 35.5. The molecule has 0 spiro atoms. The van der Waals surface area contributed by atoms with Gasteiger partial charge < -0.3 is 15.6 Å². The number of hydrogen-bond acceptors (Lipinski definition) is 3. The zero-order valence-electron chi connectivity index (χ0n) is 11.8. The molecule has 0 fully saturated rings. The molecule has 0 bridgehead atoms. The summed E-state index contributed by atoms with van der Waals surface area (Å²) in [5.41, 5.74) is 6.69. The van der Waals surface area contributed by atoms with Gasteiger partial charge in [0.05, 0.1) is 17.8 Å². The zero-order chi connectivity index (χ0) is 16.1. The third-order valence-corrected chi connectivity index (χ3v) is 3.10. The molecule has 0 saturated heterocycles. The van der Waals surface area contributed by atoms with Crippen LogP contribution in [0.5, 0.6) is 5.75 Å². The van der Waals surface area contributed by atoms with Crippen LogP contribution in [0.4, 0.5) is 10.1 Å². The van der Waals surface area contributed by atoms with Gasteiger partial charge in [-0.25, -0.2) is 9.38 Å². The predicted molar refractivity (Wildman–Crippen MR) is 86.3 cm³/mol. The minimum Gasteiger partial charge on any atom is -0.507 e. The Morgan fingerprint density at radius 3 is 2.77 bits per heavy atom.